The highest BCUT2D eigenvalue weighted by molar-refractivity contribution is 8.76. The van der Waals surface area contributed by atoms with Gasteiger partial charge in [0.2, 0.25) is 11.8 Å². The average molecular weight is 1220 g/mol. The van der Waals surface area contributed by atoms with E-state index in [2.05, 4.69) is 53.0 Å². The highest BCUT2D eigenvalue weighted by atomic mass is 33.1. The van der Waals surface area contributed by atoms with E-state index in [-0.39, 0.29) is 24.0 Å². The first-order chi connectivity index (χ1) is 40.6. The lowest BCUT2D eigenvalue weighted by molar-refractivity contribution is -0.129. The molecule has 14 heteroatoms. The Hall–Kier alpha value is -0.680. The molecule has 5 atom stereocenters. The van der Waals surface area contributed by atoms with E-state index in [1.807, 2.05) is 10.8 Å². The number of nitrogens with one attached hydrogen (secondary N) is 2. The summed E-state index contributed by atoms with van der Waals surface area (Å²) in [6.45, 7) is 18.0. The van der Waals surface area contributed by atoms with Crippen LogP contribution in [0.4, 0.5) is 0 Å². The van der Waals surface area contributed by atoms with Gasteiger partial charge in [0.25, 0.3) is 0 Å². The Morgan fingerprint density at radius 2 is 0.795 bits per heavy atom. The summed E-state index contributed by atoms with van der Waals surface area (Å²) in [5, 5.41) is 50.8. The molecule has 0 aromatic rings. The zero-order valence-corrected chi connectivity index (χ0v) is 56.7. The number of hydrogen-bond acceptors (Lipinski definition) is 12. The van der Waals surface area contributed by atoms with Gasteiger partial charge in [0.15, 0.2) is 0 Å². The molecule has 0 bridgehead atoms. The molecule has 1 aliphatic heterocycles. The summed E-state index contributed by atoms with van der Waals surface area (Å²) in [7, 11) is 3.61. The standard InChI is InChI=1S/C69H139N5O7S2/c1-5-9-13-17-21-23-25-27-31-35-45-65(77)61-74(62-66(78)46-36-32-28-26-24-22-18-14-10-6-2)52-41-42-57-82-83-58-48-67(69(80)70-49-38-40-50-72-53-55-81-56-54-72)71-68(79)47-37-39-51-73(59-63(75)43-33-29-19-15-11-7-3)60-64(76)44-34-30-20-16-12-8-4/h63-67,75-78H,5-62H2,1-4H3,(H,70,80)(H,71,79). The minimum atomic E-state index is -0.590. The van der Waals surface area contributed by atoms with Crippen molar-refractivity contribution in [1.82, 2.24) is 25.3 Å². The molecule has 1 fully saturated rings. The Balaban J connectivity index is 2.74. The summed E-state index contributed by atoms with van der Waals surface area (Å²) in [5.41, 5.74) is 0. The highest BCUT2D eigenvalue weighted by Crippen LogP contribution is 2.25. The third kappa shape index (κ3) is 54.0. The second-order valence-corrected chi connectivity index (χ2v) is 28.1. The Kier molecular flexibility index (Phi) is 59.6. The van der Waals surface area contributed by atoms with E-state index >= 15 is 0 Å². The molecule has 1 saturated heterocycles. The minimum absolute atomic E-state index is 0.0975. The zero-order chi connectivity index (χ0) is 60.3. The van der Waals surface area contributed by atoms with Crippen LogP contribution in [0.25, 0.3) is 0 Å². The smallest absolute Gasteiger partial charge is 0.242 e. The largest absolute Gasteiger partial charge is 0.392 e. The maximum atomic E-state index is 13.7. The van der Waals surface area contributed by atoms with Crippen LogP contribution in [-0.2, 0) is 14.3 Å². The Bertz CT molecular complexity index is 1320. The highest BCUT2D eigenvalue weighted by Gasteiger charge is 2.22. The first-order valence-electron chi connectivity index (χ1n) is 35.9. The van der Waals surface area contributed by atoms with Gasteiger partial charge >= 0.3 is 0 Å². The number of unbranched alkanes of at least 4 members (excludes halogenated alkanes) is 31. The van der Waals surface area contributed by atoms with Crippen LogP contribution in [0, 0.1) is 0 Å². The summed E-state index contributed by atoms with van der Waals surface area (Å²) >= 11 is 0. The lowest BCUT2D eigenvalue weighted by Crippen LogP contribution is -2.47. The second-order valence-electron chi connectivity index (χ2n) is 25.4. The number of aliphatic hydroxyl groups excluding tert-OH is 4. The van der Waals surface area contributed by atoms with Crippen molar-refractivity contribution in [2.75, 3.05) is 90.2 Å². The first-order valence-corrected chi connectivity index (χ1v) is 38.4. The van der Waals surface area contributed by atoms with Gasteiger partial charge in [-0.3, -0.25) is 24.3 Å². The zero-order valence-electron chi connectivity index (χ0n) is 55.1. The predicted octanol–water partition coefficient (Wildman–Crippen LogP) is 15.6. The number of nitrogens with zero attached hydrogens (tertiary/aromatic N) is 3. The molecule has 0 radical (unpaired) electrons. The average Bonchev–Trinajstić information content (AvgIpc) is 3.49. The van der Waals surface area contributed by atoms with E-state index in [1.165, 1.54) is 167 Å². The summed E-state index contributed by atoms with van der Waals surface area (Å²) < 4.78 is 5.51. The maximum absolute atomic E-state index is 13.7. The van der Waals surface area contributed by atoms with Crippen molar-refractivity contribution >= 4 is 33.4 Å². The normalized spacial score (nSPS) is 15.1. The number of ether oxygens (including phenoxy) is 1. The first kappa shape index (κ1) is 80.3. The number of amides is 2. The fraction of sp³-hybridized carbons (Fsp3) is 0.971. The van der Waals surface area contributed by atoms with Crippen LogP contribution >= 0.6 is 21.6 Å². The monoisotopic (exact) mass is 1210 g/mol. The quantitative estimate of drug-likeness (QED) is 0.0253. The third-order valence-corrected chi connectivity index (χ3v) is 19.6. The van der Waals surface area contributed by atoms with Crippen LogP contribution in [0.1, 0.15) is 310 Å². The van der Waals surface area contributed by atoms with Gasteiger partial charge < -0.3 is 35.8 Å². The molecule has 1 aliphatic rings. The van der Waals surface area contributed by atoms with Gasteiger partial charge in [-0.1, -0.05) is 255 Å². The van der Waals surface area contributed by atoms with Crippen molar-refractivity contribution in [2.45, 2.75) is 341 Å². The molecule has 83 heavy (non-hydrogen) atoms. The molecule has 0 aromatic carbocycles. The number of aliphatic hydroxyl groups is 4. The van der Waals surface area contributed by atoms with Gasteiger partial charge in [0, 0.05) is 63.7 Å². The van der Waals surface area contributed by atoms with Gasteiger partial charge in [0.1, 0.15) is 6.04 Å². The molecule has 0 spiro atoms. The van der Waals surface area contributed by atoms with Crippen LogP contribution in [-0.4, -0.2) is 168 Å². The summed E-state index contributed by atoms with van der Waals surface area (Å²) in [6.07, 6.45) is 48.1. The number of morpholine rings is 1. The number of hydrogen-bond donors (Lipinski definition) is 6. The van der Waals surface area contributed by atoms with Crippen LogP contribution in [0.2, 0.25) is 0 Å². The number of carbonyl (C=O) groups excluding carboxylic acids is 2. The van der Waals surface area contributed by atoms with Gasteiger partial charge in [-0.25, -0.2) is 0 Å². The van der Waals surface area contributed by atoms with E-state index < -0.39 is 18.2 Å². The molecule has 5 unspecified atom stereocenters. The Morgan fingerprint density at radius 3 is 1.19 bits per heavy atom. The lowest BCUT2D eigenvalue weighted by atomic mass is 10.0. The van der Waals surface area contributed by atoms with E-state index in [1.54, 1.807) is 10.8 Å². The van der Waals surface area contributed by atoms with Crippen molar-refractivity contribution in [1.29, 1.82) is 0 Å². The molecule has 1 rings (SSSR count). The molecule has 6 N–H and O–H groups in total. The van der Waals surface area contributed by atoms with Gasteiger partial charge in [0.05, 0.1) is 37.6 Å². The number of rotatable bonds is 65. The van der Waals surface area contributed by atoms with E-state index in [4.69, 9.17) is 4.74 Å². The minimum Gasteiger partial charge on any atom is -0.392 e. The molecular formula is C69H139N5O7S2. The molecule has 1 heterocycles. The van der Waals surface area contributed by atoms with E-state index in [0.29, 0.717) is 52.0 Å². The van der Waals surface area contributed by atoms with Crippen LogP contribution < -0.4 is 10.6 Å². The van der Waals surface area contributed by atoms with Gasteiger partial charge in [-0.15, -0.1) is 0 Å². The summed E-state index contributed by atoms with van der Waals surface area (Å²) in [4.78, 5) is 34.2. The van der Waals surface area contributed by atoms with Crippen molar-refractivity contribution in [3.05, 3.63) is 0 Å². The third-order valence-electron chi connectivity index (χ3n) is 17.0. The van der Waals surface area contributed by atoms with Crippen LogP contribution in [0.3, 0.4) is 0 Å². The summed E-state index contributed by atoms with van der Waals surface area (Å²) in [5.74, 6) is 1.53. The van der Waals surface area contributed by atoms with Crippen molar-refractivity contribution in [3.63, 3.8) is 0 Å². The van der Waals surface area contributed by atoms with Gasteiger partial charge in [-0.2, -0.15) is 0 Å². The molecule has 0 aromatic heterocycles. The molecule has 0 saturated carbocycles. The van der Waals surface area contributed by atoms with Crippen molar-refractivity contribution in [3.8, 4) is 0 Å². The van der Waals surface area contributed by atoms with Crippen molar-refractivity contribution < 1.29 is 34.8 Å². The second kappa shape index (κ2) is 61.6. The molecular weight excluding hydrogens is 1070 g/mol. The predicted molar refractivity (Wildman–Crippen MR) is 360 cm³/mol. The van der Waals surface area contributed by atoms with E-state index in [0.717, 1.165) is 154 Å². The molecule has 12 nitrogen and oxygen atoms in total. The maximum Gasteiger partial charge on any atom is 0.242 e. The van der Waals surface area contributed by atoms with E-state index in [9.17, 15) is 30.0 Å². The Morgan fingerprint density at radius 1 is 0.434 bits per heavy atom. The topological polar surface area (TPSA) is 158 Å². The fourth-order valence-electron chi connectivity index (χ4n) is 11.7. The fourth-order valence-corrected chi connectivity index (χ4v) is 13.9. The molecule has 0 aliphatic carbocycles. The summed E-state index contributed by atoms with van der Waals surface area (Å²) in [6, 6.07) is -0.590. The van der Waals surface area contributed by atoms with Crippen LogP contribution in [0.15, 0.2) is 0 Å². The number of carbonyl (C=O) groups is 2. The van der Waals surface area contributed by atoms with Crippen molar-refractivity contribution in [2.24, 2.45) is 0 Å². The van der Waals surface area contributed by atoms with Crippen LogP contribution in [0.5, 0.6) is 0 Å². The van der Waals surface area contributed by atoms with Gasteiger partial charge in [-0.05, 0) is 90.3 Å². The SMILES string of the molecule is CCCCCCCCCCCCC(O)CN(CCCCSSCCC(NC(=O)CCCCN(CC(O)CCCCCCCC)CC(O)CCCCCCCC)C(=O)NCCCCN1CCOCC1)CC(O)CCCCCCCCCCCC. The molecule has 494 valence electrons. The Labute approximate surface area is 521 Å². The molecule has 2 amide bonds. The lowest BCUT2D eigenvalue weighted by Gasteiger charge is -2.27.